The number of anilines is 1. The Morgan fingerprint density at radius 1 is 1.23 bits per heavy atom. The van der Waals surface area contributed by atoms with Crippen LogP contribution in [0.15, 0.2) is 47.1 Å². The number of thiophene rings is 1. The molecule has 4 rings (SSSR count). The summed E-state index contributed by atoms with van der Waals surface area (Å²) in [6.07, 6.45) is 3.59. The van der Waals surface area contributed by atoms with Crippen LogP contribution in [0.5, 0.6) is 0 Å². The monoisotopic (exact) mass is 384 g/mol. The maximum atomic E-state index is 12.3. The molecular weight excluding hydrogens is 368 g/mol. The van der Waals surface area contributed by atoms with Gasteiger partial charge in [0.25, 0.3) is 5.91 Å². The highest BCUT2D eigenvalue weighted by Crippen LogP contribution is 2.28. The number of carbonyl (C=O) groups is 2. The molecule has 2 amide bonds. The Kier molecular flexibility index (Phi) is 4.85. The van der Waals surface area contributed by atoms with E-state index >= 15 is 0 Å². The van der Waals surface area contributed by atoms with Crippen LogP contribution < -0.4 is 10.6 Å². The van der Waals surface area contributed by atoms with Crippen LogP contribution >= 0.6 is 23.1 Å². The first-order chi connectivity index (χ1) is 12.7. The lowest BCUT2D eigenvalue weighted by Crippen LogP contribution is -2.25. The Labute approximate surface area is 158 Å². The van der Waals surface area contributed by atoms with E-state index in [1.807, 2.05) is 11.4 Å². The smallest absolute Gasteiger partial charge is 0.251 e. The fraction of sp³-hybridized carbons (Fsp3) is 0.222. The highest BCUT2D eigenvalue weighted by atomic mass is 32.2. The molecule has 8 heteroatoms. The summed E-state index contributed by atoms with van der Waals surface area (Å²) >= 11 is 2.94. The summed E-state index contributed by atoms with van der Waals surface area (Å²) in [6.45, 7) is 0. The van der Waals surface area contributed by atoms with Crippen molar-refractivity contribution in [2.75, 3.05) is 11.1 Å². The molecule has 26 heavy (non-hydrogen) atoms. The summed E-state index contributed by atoms with van der Waals surface area (Å²) in [5.74, 6) is -0.000178. The normalized spacial score (nSPS) is 13.5. The van der Waals surface area contributed by atoms with Crippen LogP contribution in [-0.4, -0.2) is 33.6 Å². The van der Waals surface area contributed by atoms with E-state index in [9.17, 15) is 9.59 Å². The largest absolute Gasteiger partial charge is 0.349 e. The summed E-state index contributed by atoms with van der Waals surface area (Å²) < 4.78 is 0.990. The van der Waals surface area contributed by atoms with Gasteiger partial charge in [-0.05, 0) is 42.5 Å². The van der Waals surface area contributed by atoms with Gasteiger partial charge in [-0.1, -0.05) is 17.8 Å². The number of hydrogen-bond donors (Lipinski definition) is 2. The molecule has 1 saturated carbocycles. The minimum absolute atomic E-state index is 0.0981. The molecule has 6 nitrogen and oxygen atoms in total. The minimum Gasteiger partial charge on any atom is -0.349 e. The van der Waals surface area contributed by atoms with Crippen LogP contribution in [0.25, 0.3) is 10.2 Å². The Hall–Kier alpha value is -2.45. The zero-order valence-electron chi connectivity index (χ0n) is 13.8. The lowest BCUT2D eigenvalue weighted by molar-refractivity contribution is -0.113. The maximum absolute atomic E-state index is 12.3. The van der Waals surface area contributed by atoms with E-state index in [1.165, 1.54) is 18.1 Å². The predicted octanol–water partition coefficient (Wildman–Crippen LogP) is 3.31. The van der Waals surface area contributed by atoms with Gasteiger partial charge in [-0.2, -0.15) is 0 Å². The first-order valence-corrected chi connectivity index (χ1v) is 10.1. The number of fused-ring (bicyclic) bond motifs is 1. The molecule has 2 N–H and O–H groups in total. The third kappa shape index (κ3) is 4.03. The molecule has 132 valence electrons. The van der Waals surface area contributed by atoms with Gasteiger partial charge < -0.3 is 10.6 Å². The van der Waals surface area contributed by atoms with Crippen molar-refractivity contribution in [3.63, 3.8) is 0 Å². The highest BCUT2D eigenvalue weighted by Gasteiger charge is 2.23. The number of rotatable bonds is 6. The average Bonchev–Trinajstić information content (AvgIpc) is 3.32. The Balaban J connectivity index is 1.37. The van der Waals surface area contributed by atoms with Gasteiger partial charge >= 0.3 is 0 Å². The van der Waals surface area contributed by atoms with Gasteiger partial charge in [-0.15, -0.1) is 11.3 Å². The zero-order valence-corrected chi connectivity index (χ0v) is 15.4. The standard InChI is InChI=1S/C18H16N4O2S2/c23-15(9-26-18-16-14(6-7-25-16)19-10-20-18)21-13-3-1-2-11(8-13)17(24)22-12-4-5-12/h1-3,6-8,10,12H,4-5,9H2,(H,21,23)(H,22,24). The molecule has 3 aromatic rings. The lowest BCUT2D eigenvalue weighted by atomic mass is 10.2. The predicted molar refractivity (Wildman–Crippen MR) is 104 cm³/mol. The Morgan fingerprint density at radius 2 is 2.12 bits per heavy atom. The lowest BCUT2D eigenvalue weighted by Gasteiger charge is -2.08. The van der Waals surface area contributed by atoms with Crippen molar-refractivity contribution in [1.29, 1.82) is 0 Å². The molecule has 0 saturated heterocycles. The second-order valence-electron chi connectivity index (χ2n) is 5.98. The molecule has 0 radical (unpaired) electrons. The van der Waals surface area contributed by atoms with E-state index in [-0.39, 0.29) is 17.6 Å². The Bertz CT molecular complexity index is 968. The molecule has 1 aromatic carbocycles. The van der Waals surface area contributed by atoms with Crippen molar-refractivity contribution >= 4 is 50.8 Å². The van der Waals surface area contributed by atoms with E-state index in [4.69, 9.17) is 0 Å². The fourth-order valence-electron chi connectivity index (χ4n) is 2.43. The number of benzene rings is 1. The number of amides is 2. The van der Waals surface area contributed by atoms with Gasteiger partial charge in [0.1, 0.15) is 11.4 Å². The number of thioether (sulfide) groups is 1. The summed E-state index contributed by atoms with van der Waals surface area (Å²) in [5, 5.41) is 8.54. The first-order valence-electron chi connectivity index (χ1n) is 8.21. The molecule has 2 aromatic heterocycles. The first kappa shape index (κ1) is 17.0. The van der Waals surface area contributed by atoms with Crippen LogP contribution in [0.4, 0.5) is 5.69 Å². The van der Waals surface area contributed by atoms with E-state index in [2.05, 4.69) is 20.6 Å². The van der Waals surface area contributed by atoms with Crippen molar-refractivity contribution in [2.24, 2.45) is 0 Å². The van der Waals surface area contributed by atoms with E-state index in [0.717, 1.165) is 28.1 Å². The quantitative estimate of drug-likeness (QED) is 0.503. The number of nitrogens with zero attached hydrogens (tertiary/aromatic N) is 2. The van der Waals surface area contributed by atoms with Gasteiger partial charge in [0.05, 0.1) is 16.0 Å². The summed E-state index contributed by atoms with van der Waals surface area (Å²) in [4.78, 5) is 32.8. The van der Waals surface area contributed by atoms with Crippen molar-refractivity contribution in [2.45, 2.75) is 23.9 Å². The van der Waals surface area contributed by atoms with Crippen molar-refractivity contribution < 1.29 is 9.59 Å². The maximum Gasteiger partial charge on any atom is 0.251 e. The summed E-state index contributed by atoms with van der Waals surface area (Å²) in [5.41, 5.74) is 2.06. The topological polar surface area (TPSA) is 84.0 Å². The number of carbonyl (C=O) groups excluding carboxylic acids is 2. The third-order valence-electron chi connectivity index (χ3n) is 3.87. The summed E-state index contributed by atoms with van der Waals surface area (Å²) in [6, 6.07) is 9.23. The SMILES string of the molecule is O=C(CSc1ncnc2ccsc12)Nc1cccc(C(=O)NC2CC2)c1. The molecule has 0 unspecified atom stereocenters. The molecule has 1 aliphatic rings. The van der Waals surface area contributed by atoms with Gasteiger partial charge in [-0.3, -0.25) is 9.59 Å². The van der Waals surface area contributed by atoms with Gasteiger partial charge in [-0.25, -0.2) is 9.97 Å². The third-order valence-corrected chi connectivity index (χ3v) is 5.90. The van der Waals surface area contributed by atoms with Crippen LogP contribution in [0.1, 0.15) is 23.2 Å². The second-order valence-corrected chi connectivity index (χ2v) is 7.86. The molecular formula is C18H16N4O2S2. The molecule has 0 atom stereocenters. The van der Waals surface area contributed by atoms with Crippen molar-refractivity contribution in [1.82, 2.24) is 15.3 Å². The van der Waals surface area contributed by atoms with E-state index < -0.39 is 0 Å². The molecule has 2 heterocycles. The molecule has 0 aliphatic heterocycles. The van der Waals surface area contributed by atoms with Crippen LogP contribution in [0.2, 0.25) is 0 Å². The fourth-order valence-corrected chi connectivity index (χ4v) is 4.18. The zero-order chi connectivity index (χ0) is 17.9. The van der Waals surface area contributed by atoms with Gasteiger partial charge in [0, 0.05) is 17.3 Å². The van der Waals surface area contributed by atoms with Crippen molar-refractivity contribution in [3.05, 3.63) is 47.6 Å². The molecule has 1 aliphatic carbocycles. The van der Waals surface area contributed by atoms with Crippen LogP contribution in [0, 0.1) is 0 Å². The minimum atomic E-state index is -0.141. The van der Waals surface area contributed by atoms with Crippen LogP contribution in [-0.2, 0) is 4.79 Å². The summed E-state index contributed by atoms with van der Waals surface area (Å²) in [7, 11) is 0. The van der Waals surface area contributed by atoms with Crippen LogP contribution in [0.3, 0.4) is 0 Å². The number of nitrogens with one attached hydrogen (secondary N) is 2. The van der Waals surface area contributed by atoms with E-state index in [1.54, 1.807) is 35.6 Å². The van der Waals surface area contributed by atoms with Gasteiger partial charge in [0.2, 0.25) is 5.91 Å². The molecule has 0 spiro atoms. The van der Waals surface area contributed by atoms with E-state index in [0.29, 0.717) is 17.3 Å². The second kappa shape index (κ2) is 7.43. The number of hydrogen-bond acceptors (Lipinski definition) is 6. The highest BCUT2D eigenvalue weighted by molar-refractivity contribution is 8.00. The Morgan fingerprint density at radius 3 is 2.96 bits per heavy atom. The van der Waals surface area contributed by atoms with Crippen molar-refractivity contribution in [3.8, 4) is 0 Å². The molecule has 0 bridgehead atoms. The number of aromatic nitrogens is 2. The average molecular weight is 384 g/mol. The van der Waals surface area contributed by atoms with Gasteiger partial charge in [0.15, 0.2) is 0 Å². The molecule has 1 fully saturated rings.